The van der Waals surface area contributed by atoms with Gasteiger partial charge in [0, 0.05) is 13.1 Å². The number of nitrogens with zero attached hydrogens (tertiary/aromatic N) is 1. The van der Waals surface area contributed by atoms with Crippen molar-refractivity contribution < 1.29 is 9.90 Å². The molecule has 0 radical (unpaired) electrons. The monoisotopic (exact) mass is 304 g/mol. The molecule has 1 aromatic rings. The first-order chi connectivity index (χ1) is 10.5. The zero-order valence-electron chi connectivity index (χ0n) is 13.8. The Morgan fingerprint density at radius 2 is 2.00 bits per heavy atom. The smallest absolute Gasteiger partial charge is 0.223 e. The molecular formula is C18H28N2O2. The van der Waals surface area contributed by atoms with Crippen molar-refractivity contribution in [2.45, 2.75) is 57.7 Å². The molecule has 1 aliphatic rings. The van der Waals surface area contributed by atoms with Gasteiger partial charge in [-0.2, -0.15) is 0 Å². The van der Waals surface area contributed by atoms with E-state index < -0.39 is 5.60 Å². The quantitative estimate of drug-likeness (QED) is 0.813. The molecule has 0 aromatic heterocycles. The standard InChI is InChI=1S/C18H28N2O2/c1-3-20(2)14-16-8-6-7-15(11-16)13-19-17(21)12-18(22)9-4-5-10-18/h6-8,11,22H,3-5,9-10,12-14H2,1-2H3,(H,19,21). The highest BCUT2D eigenvalue weighted by Crippen LogP contribution is 2.32. The highest BCUT2D eigenvalue weighted by molar-refractivity contribution is 5.77. The molecule has 1 aromatic carbocycles. The van der Waals surface area contributed by atoms with E-state index in [9.17, 15) is 9.90 Å². The van der Waals surface area contributed by atoms with Crippen LogP contribution in [0, 0.1) is 0 Å². The number of carbonyl (C=O) groups is 1. The maximum Gasteiger partial charge on any atom is 0.223 e. The first-order valence-electron chi connectivity index (χ1n) is 8.26. The molecule has 22 heavy (non-hydrogen) atoms. The second kappa shape index (κ2) is 7.75. The van der Waals surface area contributed by atoms with Crippen LogP contribution in [0.5, 0.6) is 0 Å². The number of rotatable bonds is 7. The largest absolute Gasteiger partial charge is 0.389 e. The highest BCUT2D eigenvalue weighted by Gasteiger charge is 2.33. The van der Waals surface area contributed by atoms with Crippen LogP contribution in [-0.2, 0) is 17.9 Å². The van der Waals surface area contributed by atoms with E-state index in [1.54, 1.807) is 0 Å². The molecule has 1 amide bonds. The Bertz CT molecular complexity index is 496. The van der Waals surface area contributed by atoms with Crippen molar-refractivity contribution in [2.75, 3.05) is 13.6 Å². The molecule has 0 bridgehead atoms. The topological polar surface area (TPSA) is 52.6 Å². The summed E-state index contributed by atoms with van der Waals surface area (Å²) in [5.41, 5.74) is 1.59. The Morgan fingerprint density at radius 3 is 2.68 bits per heavy atom. The summed E-state index contributed by atoms with van der Waals surface area (Å²) in [6.07, 6.45) is 3.78. The lowest BCUT2D eigenvalue weighted by Gasteiger charge is -2.21. The second-order valence-corrected chi connectivity index (χ2v) is 6.54. The summed E-state index contributed by atoms with van der Waals surface area (Å²) < 4.78 is 0. The van der Waals surface area contributed by atoms with Gasteiger partial charge in [0.2, 0.25) is 5.91 Å². The lowest BCUT2D eigenvalue weighted by atomic mass is 9.97. The maximum atomic E-state index is 12.0. The summed E-state index contributed by atoms with van der Waals surface area (Å²) in [6.45, 7) is 4.59. The lowest BCUT2D eigenvalue weighted by molar-refractivity contribution is -0.126. The molecule has 1 aliphatic carbocycles. The predicted octanol–water partition coefficient (Wildman–Crippen LogP) is 2.45. The summed E-state index contributed by atoms with van der Waals surface area (Å²) in [5, 5.41) is 13.2. The minimum Gasteiger partial charge on any atom is -0.389 e. The second-order valence-electron chi connectivity index (χ2n) is 6.54. The molecule has 1 fully saturated rings. The molecule has 2 N–H and O–H groups in total. The molecule has 0 saturated heterocycles. The molecule has 2 rings (SSSR count). The Labute approximate surface area is 133 Å². The van der Waals surface area contributed by atoms with Crippen molar-refractivity contribution in [3.8, 4) is 0 Å². The Morgan fingerprint density at radius 1 is 1.32 bits per heavy atom. The minimum absolute atomic E-state index is 0.0551. The Balaban J connectivity index is 1.83. The van der Waals surface area contributed by atoms with Crippen molar-refractivity contribution in [3.05, 3.63) is 35.4 Å². The SMILES string of the molecule is CCN(C)Cc1cccc(CNC(=O)CC2(O)CCCC2)c1. The molecule has 0 atom stereocenters. The van der Waals surface area contributed by atoms with E-state index in [4.69, 9.17) is 0 Å². The van der Waals surface area contributed by atoms with E-state index in [2.05, 4.69) is 36.3 Å². The third-order valence-electron chi connectivity index (χ3n) is 4.50. The van der Waals surface area contributed by atoms with Gasteiger partial charge in [-0.3, -0.25) is 4.79 Å². The van der Waals surface area contributed by atoms with Gasteiger partial charge < -0.3 is 15.3 Å². The van der Waals surface area contributed by atoms with E-state index in [1.807, 2.05) is 12.1 Å². The van der Waals surface area contributed by atoms with Crippen LogP contribution in [0.2, 0.25) is 0 Å². The van der Waals surface area contributed by atoms with Gasteiger partial charge in [-0.05, 0) is 37.6 Å². The third-order valence-corrected chi connectivity index (χ3v) is 4.50. The van der Waals surface area contributed by atoms with E-state index in [0.717, 1.165) is 44.3 Å². The number of nitrogens with one attached hydrogen (secondary N) is 1. The molecule has 122 valence electrons. The van der Waals surface area contributed by atoms with E-state index >= 15 is 0 Å². The highest BCUT2D eigenvalue weighted by atomic mass is 16.3. The van der Waals surface area contributed by atoms with Gasteiger partial charge in [0.15, 0.2) is 0 Å². The van der Waals surface area contributed by atoms with E-state index in [1.165, 1.54) is 5.56 Å². The number of amides is 1. The fourth-order valence-electron chi connectivity index (χ4n) is 3.03. The van der Waals surface area contributed by atoms with Crippen LogP contribution in [0.25, 0.3) is 0 Å². The van der Waals surface area contributed by atoms with Gasteiger partial charge in [-0.1, -0.05) is 44.0 Å². The van der Waals surface area contributed by atoms with Crippen molar-refractivity contribution in [1.82, 2.24) is 10.2 Å². The van der Waals surface area contributed by atoms with Crippen molar-refractivity contribution >= 4 is 5.91 Å². The number of carbonyl (C=O) groups excluding carboxylic acids is 1. The summed E-state index contributed by atoms with van der Waals surface area (Å²) >= 11 is 0. The average molecular weight is 304 g/mol. The molecule has 0 heterocycles. The van der Waals surface area contributed by atoms with Crippen LogP contribution in [0.1, 0.15) is 50.2 Å². The van der Waals surface area contributed by atoms with Gasteiger partial charge in [-0.15, -0.1) is 0 Å². The molecule has 4 nitrogen and oxygen atoms in total. The van der Waals surface area contributed by atoms with E-state index in [-0.39, 0.29) is 12.3 Å². The summed E-state index contributed by atoms with van der Waals surface area (Å²) in [7, 11) is 2.09. The van der Waals surface area contributed by atoms with Gasteiger partial charge in [0.1, 0.15) is 0 Å². The molecule has 0 spiro atoms. The normalized spacial score (nSPS) is 16.9. The number of hydrogen-bond donors (Lipinski definition) is 2. The van der Waals surface area contributed by atoms with Gasteiger partial charge in [-0.25, -0.2) is 0 Å². The zero-order valence-corrected chi connectivity index (χ0v) is 13.8. The number of benzene rings is 1. The number of aliphatic hydroxyl groups is 1. The number of hydrogen-bond acceptors (Lipinski definition) is 3. The zero-order chi connectivity index (χ0) is 16.0. The third kappa shape index (κ3) is 5.11. The fourth-order valence-corrected chi connectivity index (χ4v) is 3.03. The van der Waals surface area contributed by atoms with Crippen LogP contribution in [0.3, 0.4) is 0 Å². The Kier molecular flexibility index (Phi) is 5.98. The van der Waals surface area contributed by atoms with Gasteiger partial charge >= 0.3 is 0 Å². The minimum atomic E-state index is -0.768. The maximum absolute atomic E-state index is 12.0. The molecule has 0 unspecified atom stereocenters. The fraction of sp³-hybridized carbons (Fsp3) is 0.611. The molecule has 4 heteroatoms. The molecular weight excluding hydrogens is 276 g/mol. The summed E-state index contributed by atoms with van der Waals surface area (Å²) in [4.78, 5) is 14.3. The van der Waals surface area contributed by atoms with Crippen molar-refractivity contribution in [3.63, 3.8) is 0 Å². The van der Waals surface area contributed by atoms with Crippen LogP contribution >= 0.6 is 0 Å². The summed E-state index contributed by atoms with van der Waals surface area (Å²) in [5.74, 6) is -0.0551. The summed E-state index contributed by atoms with van der Waals surface area (Å²) in [6, 6.07) is 8.31. The van der Waals surface area contributed by atoms with E-state index in [0.29, 0.717) is 6.54 Å². The molecule has 1 saturated carbocycles. The first-order valence-corrected chi connectivity index (χ1v) is 8.26. The first kappa shape index (κ1) is 17.0. The van der Waals surface area contributed by atoms with Gasteiger partial charge in [0.25, 0.3) is 0 Å². The lowest BCUT2D eigenvalue weighted by Crippen LogP contribution is -2.34. The van der Waals surface area contributed by atoms with Gasteiger partial charge in [0.05, 0.1) is 12.0 Å². The van der Waals surface area contributed by atoms with Crippen molar-refractivity contribution in [2.24, 2.45) is 0 Å². The Hall–Kier alpha value is -1.39. The van der Waals surface area contributed by atoms with Crippen molar-refractivity contribution in [1.29, 1.82) is 0 Å². The van der Waals surface area contributed by atoms with Crippen LogP contribution in [0.4, 0.5) is 0 Å². The van der Waals surface area contributed by atoms with Crippen LogP contribution in [-0.4, -0.2) is 35.1 Å². The van der Waals surface area contributed by atoms with Crippen LogP contribution in [0.15, 0.2) is 24.3 Å². The van der Waals surface area contributed by atoms with Crippen LogP contribution < -0.4 is 5.32 Å². The predicted molar refractivity (Wildman–Crippen MR) is 88.3 cm³/mol. The average Bonchev–Trinajstić information content (AvgIpc) is 2.91. The molecule has 0 aliphatic heterocycles.